The fourth-order valence-electron chi connectivity index (χ4n) is 3.17. The van der Waals surface area contributed by atoms with Crippen molar-refractivity contribution in [2.24, 2.45) is 5.41 Å². The molecule has 1 aliphatic rings. The third-order valence-corrected chi connectivity index (χ3v) is 4.66. The number of carbonyl (C=O) groups excluding carboxylic acids is 2. The summed E-state index contributed by atoms with van der Waals surface area (Å²) < 4.78 is 5.35. The highest BCUT2D eigenvalue weighted by atomic mass is 35.5. The SMILES string of the molecule is COCC1(CNC(=O)CCNC(=O)Cc2ccccc2)CCNCC1.Cl. The quantitative estimate of drug-likeness (QED) is 0.600. The van der Waals surface area contributed by atoms with Gasteiger partial charge in [-0.1, -0.05) is 30.3 Å². The van der Waals surface area contributed by atoms with E-state index in [0.717, 1.165) is 31.5 Å². The average molecular weight is 384 g/mol. The van der Waals surface area contributed by atoms with Crippen LogP contribution in [0.15, 0.2) is 30.3 Å². The first kappa shape index (κ1) is 22.4. The molecular weight excluding hydrogens is 354 g/mol. The fourth-order valence-corrected chi connectivity index (χ4v) is 3.17. The van der Waals surface area contributed by atoms with Crippen molar-refractivity contribution >= 4 is 24.2 Å². The number of piperidine rings is 1. The molecule has 1 saturated heterocycles. The lowest BCUT2D eigenvalue weighted by molar-refractivity contribution is -0.122. The van der Waals surface area contributed by atoms with Crippen molar-refractivity contribution in [1.29, 1.82) is 0 Å². The Bertz CT molecular complexity index is 543. The van der Waals surface area contributed by atoms with Crippen molar-refractivity contribution in [2.75, 3.05) is 39.9 Å². The van der Waals surface area contributed by atoms with Crippen LogP contribution >= 0.6 is 12.4 Å². The molecule has 0 saturated carbocycles. The molecule has 1 aliphatic heterocycles. The highest BCUT2D eigenvalue weighted by Gasteiger charge is 2.32. The number of ether oxygens (including phenoxy) is 1. The lowest BCUT2D eigenvalue weighted by Gasteiger charge is -2.37. The Labute approximate surface area is 161 Å². The van der Waals surface area contributed by atoms with E-state index in [2.05, 4.69) is 16.0 Å². The van der Waals surface area contributed by atoms with Gasteiger partial charge in [0, 0.05) is 32.0 Å². The molecule has 1 aromatic carbocycles. The van der Waals surface area contributed by atoms with Gasteiger partial charge in [-0.15, -0.1) is 12.4 Å². The number of halogens is 1. The van der Waals surface area contributed by atoms with Crippen LogP contribution in [0.5, 0.6) is 0 Å². The Balaban J connectivity index is 0.00000338. The summed E-state index contributed by atoms with van der Waals surface area (Å²) in [5.74, 6) is -0.0952. The van der Waals surface area contributed by atoms with E-state index in [-0.39, 0.29) is 29.6 Å². The smallest absolute Gasteiger partial charge is 0.224 e. The second-order valence-electron chi connectivity index (χ2n) is 6.72. The molecule has 146 valence electrons. The Morgan fingerprint density at radius 3 is 2.46 bits per heavy atom. The lowest BCUT2D eigenvalue weighted by Crippen LogP contribution is -2.47. The van der Waals surface area contributed by atoms with Crippen LogP contribution in [-0.4, -0.2) is 51.7 Å². The first-order valence-electron chi connectivity index (χ1n) is 8.90. The number of hydrogen-bond acceptors (Lipinski definition) is 4. The molecule has 0 atom stereocenters. The van der Waals surface area contributed by atoms with E-state index in [1.54, 1.807) is 7.11 Å². The summed E-state index contributed by atoms with van der Waals surface area (Å²) >= 11 is 0. The van der Waals surface area contributed by atoms with Crippen molar-refractivity contribution in [3.05, 3.63) is 35.9 Å². The number of benzene rings is 1. The van der Waals surface area contributed by atoms with Crippen molar-refractivity contribution in [1.82, 2.24) is 16.0 Å². The molecule has 0 aliphatic carbocycles. The van der Waals surface area contributed by atoms with E-state index in [1.807, 2.05) is 30.3 Å². The van der Waals surface area contributed by atoms with Crippen LogP contribution in [0, 0.1) is 5.41 Å². The molecule has 6 nitrogen and oxygen atoms in total. The largest absolute Gasteiger partial charge is 0.384 e. The second-order valence-corrected chi connectivity index (χ2v) is 6.72. The lowest BCUT2D eigenvalue weighted by atomic mass is 9.79. The Morgan fingerprint density at radius 1 is 1.12 bits per heavy atom. The van der Waals surface area contributed by atoms with Gasteiger partial charge in [-0.3, -0.25) is 9.59 Å². The van der Waals surface area contributed by atoms with Gasteiger partial charge in [-0.25, -0.2) is 0 Å². The van der Waals surface area contributed by atoms with Gasteiger partial charge in [0.2, 0.25) is 11.8 Å². The number of amides is 2. The Morgan fingerprint density at radius 2 is 1.81 bits per heavy atom. The molecule has 7 heteroatoms. The molecule has 1 aromatic rings. The van der Waals surface area contributed by atoms with Crippen LogP contribution in [0.2, 0.25) is 0 Å². The van der Waals surface area contributed by atoms with Gasteiger partial charge in [0.15, 0.2) is 0 Å². The van der Waals surface area contributed by atoms with Gasteiger partial charge >= 0.3 is 0 Å². The molecule has 2 rings (SSSR count). The summed E-state index contributed by atoms with van der Waals surface area (Å²) in [5.41, 5.74) is 0.989. The minimum atomic E-state index is -0.0618. The van der Waals surface area contributed by atoms with Gasteiger partial charge in [0.1, 0.15) is 0 Å². The molecule has 0 radical (unpaired) electrons. The third kappa shape index (κ3) is 7.72. The van der Waals surface area contributed by atoms with E-state index >= 15 is 0 Å². The van der Waals surface area contributed by atoms with Crippen molar-refractivity contribution in [2.45, 2.75) is 25.7 Å². The highest BCUT2D eigenvalue weighted by molar-refractivity contribution is 5.85. The Hall–Kier alpha value is -1.63. The number of methoxy groups -OCH3 is 1. The summed E-state index contributed by atoms with van der Waals surface area (Å²) in [4.78, 5) is 23.9. The molecular formula is C19H30ClN3O3. The molecule has 0 spiro atoms. The highest BCUT2D eigenvalue weighted by Crippen LogP contribution is 2.28. The summed E-state index contributed by atoms with van der Waals surface area (Å²) in [6.07, 6.45) is 2.62. The number of hydrogen-bond donors (Lipinski definition) is 3. The third-order valence-electron chi connectivity index (χ3n) is 4.66. The van der Waals surface area contributed by atoms with Crippen LogP contribution in [-0.2, 0) is 20.7 Å². The molecule has 1 heterocycles. The van der Waals surface area contributed by atoms with Crippen LogP contribution in [0.1, 0.15) is 24.8 Å². The number of nitrogens with one attached hydrogen (secondary N) is 3. The van der Waals surface area contributed by atoms with E-state index < -0.39 is 0 Å². The van der Waals surface area contributed by atoms with Gasteiger partial charge in [-0.05, 0) is 31.5 Å². The molecule has 0 bridgehead atoms. The maximum absolute atomic E-state index is 12.1. The zero-order valence-corrected chi connectivity index (χ0v) is 16.2. The van der Waals surface area contributed by atoms with E-state index in [0.29, 0.717) is 32.5 Å². The van der Waals surface area contributed by atoms with Crippen LogP contribution in [0.3, 0.4) is 0 Å². The van der Waals surface area contributed by atoms with Crippen LogP contribution < -0.4 is 16.0 Å². The minimum absolute atomic E-state index is 0. The zero-order chi connectivity index (χ0) is 18.0. The standard InChI is InChI=1S/C19H29N3O3.ClH/c1-25-15-19(8-11-20-12-9-19)14-22-17(23)7-10-21-18(24)13-16-5-3-2-4-6-16;/h2-6,20H,7-15H2,1H3,(H,21,24)(H,22,23);1H. The van der Waals surface area contributed by atoms with Crippen molar-refractivity contribution < 1.29 is 14.3 Å². The fraction of sp³-hybridized carbons (Fsp3) is 0.579. The van der Waals surface area contributed by atoms with Gasteiger partial charge < -0.3 is 20.7 Å². The minimum Gasteiger partial charge on any atom is -0.384 e. The van der Waals surface area contributed by atoms with E-state index in [1.165, 1.54) is 0 Å². The monoisotopic (exact) mass is 383 g/mol. The predicted octanol–water partition coefficient (Wildman–Crippen LogP) is 1.29. The normalized spacial score (nSPS) is 15.6. The van der Waals surface area contributed by atoms with Crippen molar-refractivity contribution in [3.63, 3.8) is 0 Å². The topological polar surface area (TPSA) is 79.5 Å². The summed E-state index contributed by atoms with van der Waals surface area (Å²) in [7, 11) is 1.70. The van der Waals surface area contributed by atoms with Gasteiger partial charge in [-0.2, -0.15) is 0 Å². The van der Waals surface area contributed by atoms with Gasteiger partial charge in [0.25, 0.3) is 0 Å². The van der Waals surface area contributed by atoms with Crippen LogP contribution in [0.4, 0.5) is 0 Å². The second kappa shape index (κ2) is 11.9. The molecule has 2 amide bonds. The molecule has 1 fully saturated rings. The summed E-state index contributed by atoms with van der Waals surface area (Å²) in [5, 5.41) is 9.14. The predicted molar refractivity (Wildman–Crippen MR) is 104 cm³/mol. The van der Waals surface area contributed by atoms with Crippen LogP contribution in [0.25, 0.3) is 0 Å². The molecule has 0 aromatic heterocycles. The molecule has 26 heavy (non-hydrogen) atoms. The van der Waals surface area contributed by atoms with E-state index in [9.17, 15) is 9.59 Å². The summed E-state index contributed by atoms with van der Waals surface area (Å²) in [6.45, 7) is 3.54. The van der Waals surface area contributed by atoms with E-state index in [4.69, 9.17) is 4.74 Å². The summed E-state index contributed by atoms with van der Waals surface area (Å²) in [6, 6.07) is 9.57. The maximum Gasteiger partial charge on any atom is 0.224 e. The Kier molecular flexibility index (Phi) is 10.2. The number of carbonyl (C=O) groups is 2. The maximum atomic E-state index is 12.1. The average Bonchev–Trinajstić information content (AvgIpc) is 2.62. The first-order valence-corrected chi connectivity index (χ1v) is 8.90. The number of rotatable bonds is 9. The zero-order valence-electron chi connectivity index (χ0n) is 15.4. The first-order chi connectivity index (χ1) is 12.1. The van der Waals surface area contributed by atoms with Crippen molar-refractivity contribution in [3.8, 4) is 0 Å². The van der Waals surface area contributed by atoms with Gasteiger partial charge in [0.05, 0.1) is 13.0 Å². The molecule has 3 N–H and O–H groups in total. The molecule has 0 unspecified atom stereocenters.